The smallest absolute Gasteiger partial charge is 0.219 e. The fraction of sp³-hybridized carbons (Fsp3) is 0.522. The number of amides is 1. The Morgan fingerprint density at radius 1 is 1.25 bits per heavy atom. The third-order valence-electron chi connectivity index (χ3n) is 6.28. The van der Waals surface area contributed by atoms with Gasteiger partial charge in [0, 0.05) is 41.4 Å². The van der Waals surface area contributed by atoms with Crippen LogP contribution < -0.4 is 4.74 Å². The van der Waals surface area contributed by atoms with Crippen molar-refractivity contribution in [2.75, 3.05) is 13.6 Å². The number of fused-ring (bicyclic) bond motifs is 1. The second-order valence-electron chi connectivity index (χ2n) is 8.43. The first-order valence-electron chi connectivity index (χ1n) is 10.2. The molecule has 0 atom stereocenters. The van der Waals surface area contributed by atoms with Crippen LogP contribution in [0, 0.1) is 6.92 Å². The van der Waals surface area contributed by atoms with Gasteiger partial charge in [0.1, 0.15) is 11.4 Å². The van der Waals surface area contributed by atoms with Gasteiger partial charge in [0.25, 0.3) is 0 Å². The second-order valence-corrected chi connectivity index (χ2v) is 9.80. The van der Waals surface area contributed by atoms with Gasteiger partial charge in [-0.15, -0.1) is 11.3 Å². The van der Waals surface area contributed by atoms with Gasteiger partial charge >= 0.3 is 0 Å². The standard InChI is InChI=1S/C23H30N2O2S/c1-17-8-9-21(28-17)15-24(3)20-10-12-23(13-11-20)16-25(18(2)26)14-19-6-4-5-7-22(19)27-23/h4-9,20H,10-16H2,1-3H3. The van der Waals surface area contributed by atoms with E-state index in [1.165, 1.54) is 9.75 Å². The van der Waals surface area contributed by atoms with Crippen LogP contribution in [0.1, 0.15) is 47.9 Å². The van der Waals surface area contributed by atoms with E-state index in [0.717, 1.165) is 43.5 Å². The summed E-state index contributed by atoms with van der Waals surface area (Å²) in [5.41, 5.74) is 0.858. The molecular formula is C23H30N2O2S. The van der Waals surface area contributed by atoms with Crippen molar-refractivity contribution in [2.45, 2.75) is 64.3 Å². The molecule has 1 saturated carbocycles. The highest BCUT2D eigenvalue weighted by molar-refractivity contribution is 7.11. The molecule has 1 aliphatic heterocycles. The summed E-state index contributed by atoms with van der Waals surface area (Å²) in [6, 6.07) is 13.2. The summed E-state index contributed by atoms with van der Waals surface area (Å²) in [6.45, 7) is 6.19. The molecule has 1 aromatic carbocycles. The van der Waals surface area contributed by atoms with Gasteiger partial charge in [-0.2, -0.15) is 0 Å². The van der Waals surface area contributed by atoms with E-state index in [9.17, 15) is 4.79 Å². The number of para-hydroxylation sites is 1. The Morgan fingerprint density at radius 2 is 2.00 bits per heavy atom. The minimum Gasteiger partial charge on any atom is -0.485 e. The molecule has 0 unspecified atom stereocenters. The maximum absolute atomic E-state index is 12.2. The number of rotatable bonds is 3. The van der Waals surface area contributed by atoms with E-state index in [2.05, 4.69) is 43.1 Å². The summed E-state index contributed by atoms with van der Waals surface area (Å²) in [4.78, 5) is 19.5. The molecule has 0 N–H and O–H groups in total. The fourth-order valence-electron chi connectivity index (χ4n) is 4.61. The Morgan fingerprint density at radius 3 is 2.68 bits per heavy atom. The molecule has 2 heterocycles. The molecule has 0 saturated heterocycles. The van der Waals surface area contributed by atoms with Gasteiger partial charge in [0.05, 0.1) is 6.54 Å². The van der Waals surface area contributed by atoms with Crippen LogP contribution in [0.15, 0.2) is 36.4 Å². The highest BCUT2D eigenvalue weighted by atomic mass is 32.1. The summed E-state index contributed by atoms with van der Waals surface area (Å²) in [5, 5.41) is 0. The average Bonchev–Trinajstić information content (AvgIpc) is 2.99. The second kappa shape index (κ2) is 7.88. The SMILES string of the molecule is CC(=O)N1Cc2ccccc2OC2(CCC(N(C)Cc3ccc(C)s3)CC2)C1. The van der Waals surface area contributed by atoms with Gasteiger partial charge < -0.3 is 9.64 Å². The number of carbonyl (C=O) groups excluding carboxylic acids is 1. The lowest BCUT2D eigenvalue weighted by molar-refractivity contribution is -0.132. The lowest BCUT2D eigenvalue weighted by Crippen LogP contribution is -2.51. The fourth-order valence-corrected chi connectivity index (χ4v) is 5.56. The van der Waals surface area contributed by atoms with Crippen molar-refractivity contribution in [1.29, 1.82) is 0 Å². The predicted molar refractivity (Wildman–Crippen MR) is 114 cm³/mol. The van der Waals surface area contributed by atoms with E-state index in [1.807, 2.05) is 28.4 Å². The van der Waals surface area contributed by atoms with Crippen LogP contribution >= 0.6 is 11.3 Å². The summed E-state index contributed by atoms with van der Waals surface area (Å²) in [5.74, 6) is 1.08. The summed E-state index contributed by atoms with van der Waals surface area (Å²) in [7, 11) is 2.24. The van der Waals surface area contributed by atoms with Crippen molar-refractivity contribution in [2.24, 2.45) is 0 Å². The lowest BCUT2D eigenvalue weighted by atomic mass is 9.81. The van der Waals surface area contributed by atoms with Crippen LogP contribution in [0.3, 0.4) is 0 Å². The predicted octanol–water partition coefficient (Wildman–Crippen LogP) is 4.61. The third kappa shape index (κ3) is 4.11. The van der Waals surface area contributed by atoms with Gasteiger partial charge in [0.15, 0.2) is 0 Å². The zero-order valence-corrected chi connectivity index (χ0v) is 17.9. The summed E-state index contributed by atoms with van der Waals surface area (Å²) >= 11 is 1.89. The Hall–Kier alpha value is -1.85. The zero-order chi connectivity index (χ0) is 19.7. The molecule has 1 aliphatic carbocycles. The van der Waals surface area contributed by atoms with Crippen molar-refractivity contribution in [1.82, 2.24) is 9.80 Å². The molecule has 0 bridgehead atoms. The molecule has 150 valence electrons. The number of thiophene rings is 1. The van der Waals surface area contributed by atoms with Crippen LogP contribution in [-0.4, -0.2) is 40.9 Å². The molecule has 4 nitrogen and oxygen atoms in total. The van der Waals surface area contributed by atoms with E-state index in [1.54, 1.807) is 6.92 Å². The number of hydrogen-bond acceptors (Lipinski definition) is 4. The highest BCUT2D eigenvalue weighted by Crippen LogP contribution is 2.39. The van der Waals surface area contributed by atoms with Gasteiger partial charge in [-0.1, -0.05) is 18.2 Å². The number of nitrogens with zero attached hydrogens (tertiary/aromatic N) is 2. The van der Waals surface area contributed by atoms with Crippen molar-refractivity contribution in [3.8, 4) is 5.75 Å². The Kier molecular flexibility index (Phi) is 5.48. The number of hydrogen-bond donors (Lipinski definition) is 0. The van der Waals surface area contributed by atoms with Crippen molar-refractivity contribution in [3.05, 3.63) is 51.7 Å². The zero-order valence-electron chi connectivity index (χ0n) is 17.1. The average molecular weight is 399 g/mol. The quantitative estimate of drug-likeness (QED) is 0.757. The van der Waals surface area contributed by atoms with E-state index in [0.29, 0.717) is 19.1 Å². The van der Waals surface area contributed by atoms with E-state index in [-0.39, 0.29) is 11.5 Å². The molecule has 1 fully saturated rings. The normalized spacial score (nSPS) is 24.7. The Bertz CT molecular complexity index is 839. The number of ether oxygens (including phenoxy) is 1. The largest absolute Gasteiger partial charge is 0.485 e. The lowest BCUT2D eigenvalue weighted by Gasteiger charge is -2.43. The van der Waals surface area contributed by atoms with Crippen LogP contribution in [0.4, 0.5) is 0 Å². The summed E-state index contributed by atoms with van der Waals surface area (Å²) in [6.07, 6.45) is 4.19. The van der Waals surface area contributed by atoms with Gasteiger partial charge in [0.2, 0.25) is 5.91 Å². The molecule has 5 heteroatoms. The van der Waals surface area contributed by atoms with Crippen LogP contribution in [0.5, 0.6) is 5.75 Å². The van der Waals surface area contributed by atoms with Gasteiger partial charge in [-0.05, 0) is 57.9 Å². The van der Waals surface area contributed by atoms with Crippen LogP contribution in [-0.2, 0) is 17.9 Å². The molecule has 2 aromatic rings. The molecule has 1 amide bonds. The molecule has 0 radical (unpaired) electrons. The Labute approximate surface area is 172 Å². The minimum atomic E-state index is -0.255. The number of benzene rings is 1. The Balaban J connectivity index is 1.46. The number of carbonyl (C=O) groups is 1. The van der Waals surface area contributed by atoms with Crippen LogP contribution in [0.25, 0.3) is 0 Å². The van der Waals surface area contributed by atoms with Crippen LogP contribution in [0.2, 0.25) is 0 Å². The first-order chi connectivity index (χ1) is 13.4. The molecule has 28 heavy (non-hydrogen) atoms. The molecule has 2 aliphatic rings. The van der Waals surface area contributed by atoms with Crippen molar-refractivity contribution in [3.63, 3.8) is 0 Å². The van der Waals surface area contributed by atoms with Gasteiger partial charge in [-0.3, -0.25) is 9.69 Å². The van der Waals surface area contributed by atoms with Gasteiger partial charge in [-0.25, -0.2) is 0 Å². The van der Waals surface area contributed by atoms with E-state index in [4.69, 9.17) is 4.74 Å². The minimum absolute atomic E-state index is 0.131. The monoisotopic (exact) mass is 398 g/mol. The first-order valence-corrected chi connectivity index (χ1v) is 11.0. The van der Waals surface area contributed by atoms with E-state index >= 15 is 0 Å². The molecule has 1 spiro atoms. The topological polar surface area (TPSA) is 32.8 Å². The molecule has 1 aromatic heterocycles. The molecular weight excluding hydrogens is 368 g/mol. The first kappa shape index (κ1) is 19.5. The van der Waals surface area contributed by atoms with Crippen molar-refractivity contribution >= 4 is 17.2 Å². The van der Waals surface area contributed by atoms with Crippen molar-refractivity contribution < 1.29 is 9.53 Å². The summed E-state index contributed by atoms with van der Waals surface area (Å²) < 4.78 is 6.61. The maximum atomic E-state index is 12.2. The van der Waals surface area contributed by atoms with E-state index < -0.39 is 0 Å². The maximum Gasteiger partial charge on any atom is 0.219 e. The third-order valence-corrected chi connectivity index (χ3v) is 7.26. The highest BCUT2D eigenvalue weighted by Gasteiger charge is 2.42. The number of aryl methyl sites for hydroxylation is 1. The molecule has 4 rings (SSSR count).